The van der Waals surface area contributed by atoms with Gasteiger partial charge in [0, 0.05) is 5.88 Å². The predicted octanol–water partition coefficient (Wildman–Crippen LogP) is 5.33. The Morgan fingerprint density at radius 2 is 1.81 bits per heavy atom. The molecule has 0 spiro atoms. The van der Waals surface area contributed by atoms with E-state index in [1.807, 2.05) is 6.07 Å². The summed E-state index contributed by atoms with van der Waals surface area (Å²) in [6, 6.07) is 10.3. The zero-order chi connectivity index (χ0) is 15.1. The van der Waals surface area contributed by atoms with Crippen molar-refractivity contribution in [2.45, 2.75) is 32.6 Å². The predicted molar refractivity (Wildman–Crippen MR) is 89.9 cm³/mol. The van der Waals surface area contributed by atoms with Crippen LogP contribution in [0.1, 0.15) is 31.2 Å². The lowest BCUT2D eigenvalue weighted by atomic mass is 10.0. The first-order valence-electron chi connectivity index (χ1n) is 7.52. The SMILES string of the molecule is COc1ccc2c(C)c(OCCCCCCCl)ccc2c1. The fraction of sp³-hybridized carbons (Fsp3) is 0.444. The molecule has 0 amide bonds. The smallest absolute Gasteiger partial charge is 0.122 e. The maximum atomic E-state index is 5.92. The molecule has 0 saturated heterocycles. The lowest BCUT2D eigenvalue weighted by Crippen LogP contribution is -1.99. The molecule has 0 aliphatic rings. The van der Waals surface area contributed by atoms with Gasteiger partial charge in [0.1, 0.15) is 11.5 Å². The number of aryl methyl sites for hydroxylation is 1. The highest BCUT2D eigenvalue weighted by atomic mass is 35.5. The maximum Gasteiger partial charge on any atom is 0.122 e. The van der Waals surface area contributed by atoms with Crippen LogP contribution in [0.5, 0.6) is 11.5 Å². The zero-order valence-electron chi connectivity index (χ0n) is 12.8. The number of hydrogen-bond acceptors (Lipinski definition) is 2. The molecule has 0 N–H and O–H groups in total. The molecule has 0 fully saturated rings. The van der Waals surface area contributed by atoms with Crippen molar-refractivity contribution in [1.29, 1.82) is 0 Å². The number of halogens is 1. The summed E-state index contributed by atoms with van der Waals surface area (Å²) >= 11 is 5.67. The maximum absolute atomic E-state index is 5.92. The molecule has 2 rings (SSSR count). The van der Waals surface area contributed by atoms with E-state index in [0.29, 0.717) is 0 Å². The number of hydrogen-bond donors (Lipinski definition) is 0. The molecule has 0 heterocycles. The van der Waals surface area contributed by atoms with E-state index in [-0.39, 0.29) is 0 Å². The number of unbranched alkanes of at least 4 members (excludes halogenated alkanes) is 3. The highest BCUT2D eigenvalue weighted by Gasteiger charge is 2.05. The normalized spacial score (nSPS) is 10.8. The number of methoxy groups -OCH3 is 1. The highest BCUT2D eigenvalue weighted by Crippen LogP contribution is 2.29. The van der Waals surface area contributed by atoms with E-state index < -0.39 is 0 Å². The van der Waals surface area contributed by atoms with Crippen LogP contribution in [0.3, 0.4) is 0 Å². The average molecular weight is 307 g/mol. The van der Waals surface area contributed by atoms with Crippen LogP contribution < -0.4 is 9.47 Å². The molecule has 0 atom stereocenters. The lowest BCUT2D eigenvalue weighted by molar-refractivity contribution is 0.303. The van der Waals surface area contributed by atoms with Crippen molar-refractivity contribution in [3.8, 4) is 11.5 Å². The van der Waals surface area contributed by atoms with Crippen molar-refractivity contribution < 1.29 is 9.47 Å². The summed E-state index contributed by atoms with van der Waals surface area (Å²) in [7, 11) is 1.69. The van der Waals surface area contributed by atoms with Crippen LogP contribution in [-0.2, 0) is 0 Å². The average Bonchev–Trinajstić information content (AvgIpc) is 2.52. The third-order valence-electron chi connectivity index (χ3n) is 3.73. The van der Waals surface area contributed by atoms with Crippen LogP contribution in [0.15, 0.2) is 30.3 Å². The molecular weight excluding hydrogens is 284 g/mol. The van der Waals surface area contributed by atoms with Gasteiger partial charge in [0.05, 0.1) is 13.7 Å². The van der Waals surface area contributed by atoms with Gasteiger partial charge < -0.3 is 9.47 Å². The summed E-state index contributed by atoms with van der Waals surface area (Å²) in [5, 5.41) is 2.40. The highest BCUT2D eigenvalue weighted by molar-refractivity contribution is 6.17. The minimum absolute atomic E-state index is 0.758. The second-order valence-corrected chi connectivity index (χ2v) is 5.61. The monoisotopic (exact) mass is 306 g/mol. The van der Waals surface area contributed by atoms with Gasteiger partial charge in [-0.25, -0.2) is 0 Å². The molecule has 2 aromatic rings. The summed E-state index contributed by atoms with van der Waals surface area (Å²) in [5.41, 5.74) is 1.19. The van der Waals surface area contributed by atoms with Crippen LogP contribution in [0.4, 0.5) is 0 Å². The second-order valence-electron chi connectivity index (χ2n) is 5.23. The summed E-state index contributed by atoms with van der Waals surface area (Å²) in [6.07, 6.45) is 4.54. The second kappa shape index (κ2) is 8.14. The molecule has 0 saturated carbocycles. The Morgan fingerprint density at radius 3 is 2.57 bits per heavy atom. The topological polar surface area (TPSA) is 18.5 Å². The number of rotatable bonds is 8. The number of fused-ring (bicyclic) bond motifs is 1. The summed E-state index contributed by atoms with van der Waals surface area (Å²) in [5.74, 6) is 2.62. The van der Waals surface area contributed by atoms with Gasteiger partial charge in [-0.3, -0.25) is 0 Å². The molecule has 21 heavy (non-hydrogen) atoms. The van der Waals surface area contributed by atoms with Crippen LogP contribution in [-0.4, -0.2) is 19.6 Å². The lowest BCUT2D eigenvalue weighted by Gasteiger charge is -2.12. The molecule has 0 radical (unpaired) electrons. The first kappa shape index (κ1) is 16.0. The van der Waals surface area contributed by atoms with Crippen molar-refractivity contribution in [2.75, 3.05) is 19.6 Å². The molecule has 3 heteroatoms. The van der Waals surface area contributed by atoms with Crippen LogP contribution >= 0.6 is 11.6 Å². The third-order valence-corrected chi connectivity index (χ3v) is 4.00. The van der Waals surface area contributed by atoms with E-state index in [9.17, 15) is 0 Å². The Labute approximate surface area is 132 Å². The standard InChI is InChI=1S/C18H23ClO2/c1-14-17-9-8-16(20-2)13-15(17)7-10-18(14)21-12-6-4-3-5-11-19/h7-10,13H,3-6,11-12H2,1-2H3. The Morgan fingerprint density at radius 1 is 1.00 bits per heavy atom. The zero-order valence-corrected chi connectivity index (χ0v) is 13.6. The quantitative estimate of drug-likeness (QED) is 0.484. The summed E-state index contributed by atoms with van der Waals surface area (Å²) in [6.45, 7) is 2.88. The van der Waals surface area contributed by atoms with E-state index in [2.05, 4.69) is 31.2 Å². The Balaban J connectivity index is 1.99. The van der Waals surface area contributed by atoms with E-state index in [0.717, 1.165) is 36.8 Å². The minimum atomic E-state index is 0.758. The Hall–Kier alpha value is -1.41. The van der Waals surface area contributed by atoms with E-state index in [4.69, 9.17) is 21.1 Å². The number of benzene rings is 2. The largest absolute Gasteiger partial charge is 0.497 e. The molecule has 0 unspecified atom stereocenters. The first-order valence-corrected chi connectivity index (χ1v) is 8.06. The molecule has 0 bridgehead atoms. The molecular formula is C18H23ClO2. The van der Waals surface area contributed by atoms with Crippen molar-refractivity contribution in [3.05, 3.63) is 35.9 Å². The Bertz CT molecular complexity index is 581. The van der Waals surface area contributed by atoms with Gasteiger partial charge in [0.2, 0.25) is 0 Å². The summed E-state index contributed by atoms with van der Waals surface area (Å²) in [4.78, 5) is 0. The van der Waals surface area contributed by atoms with Gasteiger partial charge >= 0.3 is 0 Å². The van der Waals surface area contributed by atoms with Crippen LogP contribution in [0, 0.1) is 6.92 Å². The molecule has 2 nitrogen and oxygen atoms in total. The number of alkyl halides is 1. The van der Waals surface area contributed by atoms with E-state index in [1.165, 1.54) is 29.2 Å². The summed E-state index contributed by atoms with van der Waals surface area (Å²) < 4.78 is 11.2. The van der Waals surface area contributed by atoms with Gasteiger partial charge in [-0.05, 0) is 54.3 Å². The fourth-order valence-electron chi connectivity index (χ4n) is 2.46. The van der Waals surface area contributed by atoms with Gasteiger partial charge in [0.25, 0.3) is 0 Å². The van der Waals surface area contributed by atoms with Gasteiger partial charge in [-0.2, -0.15) is 0 Å². The van der Waals surface area contributed by atoms with Gasteiger partial charge in [-0.15, -0.1) is 11.6 Å². The molecule has 0 aromatic heterocycles. The molecule has 0 aliphatic heterocycles. The van der Waals surface area contributed by atoms with Crippen molar-refractivity contribution in [1.82, 2.24) is 0 Å². The minimum Gasteiger partial charge on any atom is -0.497 e. The first-order chi connectivity index (χ1) is 10.3. The van der Waals surface area contributed by atoms with Crippen molar-refractivity contribution >= 4 is 22.4 Å². The van der Waals surface area contributed by atoms with Crippen molar-refractivity contribution in [3.63, 3.8) is 0 Å². The van der Waals surface area contributed by atoms with Gasteiger partial charge in [0.15, 0.2) is 0 Å². The fourth-order valence-corrected chi connectivity index (χ4v) is 2.65. The Kier molecular flexibility index (Phi) is 6.19. The van der Waals surface area contributed by atoms with Crippen LogP contribution in [0.25, 0.3) is 10.8 Å². The van der Waals surface area contributed by atoms with E-state index in [1.54, 1.807) is 7.11 Å². The van der Waals surface area contributed by atoms with E-state index >= 15 is 0 Å². The number of ether oxygens (including phenoxy) is 2. The van der Waals surface area contributed by atoms with Crippen molar-refractivity contribution in [2.24, 2.45) is 0 Å². The van der Waals surface area contributed by atoms with Gasteiger partial charge in [-0.1, -0.05) is 25.0 Å². The molecule has 114 valence electrons. The molecule has 2 aromatic carbocycles. The van der Waals surface area contributed by atoms with Crippen LogP contribution in [0.2, 0.25) is 0 Å². The molecule has 0 aliphatic carbocycles. The third kappa shape index (κ3) is 4.28.